The summed E-state index contributed by atoms with van der Waals surface area (Å²) in [6.45, 7) is 6.04. The smallest absolute Gasteiger partial charge is 0.265 e. The van der Waals surface area contributed by atoms with E-state index in [0.717, 1.165) is 24.5 Å². The van der Waals surface area contributed by atoms with E-state index in [2.05, 4.69) is 5.16 Å². The van der Waals surface area contributed by atoms with Crippen LogP contribution in [0.3, 0.4) is 0 Å². The maximum atomic E-state index is 12.7. The molecule has 1 aliphatic rings. The summed E-state index contributed by atoms with van der Waals surface area (Å²) < 4.78 is 30.3. The second-order valence-electron chi connectivity index (χ2n) is 8.94. The number of nitro benzene ring substituents is 2. The number of nitrogens with zero attached hydrogens (tertiary/aromatic N) is 3. The number of oxime groups is 1. The van der Waals surface area contributed by atoms with Crippen molar-refractivity contribution in [3.05, 3.63) is 73.8 Å². The van der Waals surface area contributed by atoms with Crippen LogP contribution < -0.4 is 0 Å². The van der Waals surface area contributed by atoms with E-state index in [4.69, 9.17) is 4.28 Å². The van der Waals surface area contributed by atoms with Crippen molar-refractivity contribution in [2.75, 3.05) is 0 Å². The van der Waals surface area contributed by atoms with Gasteiger partial charge in [0.2, 0.25) is 0 Å². The first-order chi connectivity index (χ1) is 15.4. The van der Waals surface area contributed by atoms with Crippen molar-refractivity contribution >= 4 is 27.2 Å². The topological polar surface area (TPSA) is 142 Å². The molecule has 10 nitrogen and oxygen atoms in total. The van der Waals surface area contributed by atoms with Crippen molar-refractivity contribution in [1.29, 1.82) is 0 Å². The van der Waals surface area contributed by atoms with E-state index in [9.17, 15) is 28.6 Å². The highest BCUT2D eigenvalue weighted by atomic mass is 32.2. The van der Waals surface area contributed by atoms with Gasteiger partial charge in [-0.25, -0.2) is 0 Å². The minimum absolute atomic E-state index is 0.0477. The van der Waals surface area contributed by atoms with Gasteiger partial charge in [0, 0.05) is 17.5 Å². The van der Waals surface area contributed by atoms with E-state index in [1.165, 1.54) is 24.3 Å². The van der Waals surface area contributed by atoms with Crippen molar-refractivity contribution in [1.82, 2.24) is 0 Å². The summed E-state index contributed by atoms with van der Waals surface area (Å²) in [5, 5.41) is 26.5. The molecule has 0 spiro atoms. The third-order valence-corrected chi connectivity index (χ3v) is 6.76. The first kappa shape index (κ1) is 24.3. The van der Waals surface area contributed by atoms with Crippen LogP contribution in [-0.4, -0.2) is 24.0 Å². The Balaban J connectivity index is 1.91. The monoisotopic (exact) mass is 475 g/mol. The fraction of sp³-hybridized carbons (Fsp3) is 0.409. The summed E-state index contributed by atoms with van der Waals surface area (Å²) in [6, 6.07) is 9.78. The third kappa shape index (κ3) is 5.54. The first-order valence-corrected chi connectivity index (χ1v) is 11.8. The molecule has 2 aromatic carbocycles. The second kappa shape index (κ2) is 9.26. The Hall–Kier alpha value is -3.34. The summed E-state index contributed by atoms with van der Waals surface area (Å²) in [4.78, 5) is 21.2. The minimum atomic E-state index is -4.18. The Kier molecular flexibility index (Phi) is 6.82. The molecule has 11 heteroatoms. The van der Waals surface area contributed by atoms with Gasteiger partial charge in [-0.3, -0.25) is 24.5 Å². The third-order valence-electron chi connectivity index (χ3n) is 5.64. The molecule has 0 radical (unpaired) electrons. The lowest BCUT2D eigenvalue weighted by atomic mass is 9.81. The van der Waals surface area contributed by atoms with Gasteiger partial charge in [0.25, 0.3) is 11.4 Å². The summed E-state index contributed by atoms with van der Waals surface area (Å²) >= 11 is 0. The maximum Gasteiger partial charge on any atom is 0.358 e. The Morgan fingerprint density at radius 2 is 1.67 bits per heavy atom. The zero-order valence-electron chi connectivity index (χ0n) is 18.6. The lowest BCUT2D eigenvalue weighted by molar-refractivity contribution is -0.394. The molecule has 2 aromatic rings. The molecule has 1 atom stereocenters. The zero-order valence-corrected chi connectivity index (χ0v) is 19.4. The van der Waals surface area contributed by atoms with E-state index < -0.39 is 37.3 Å². The minimum Gasteiger partial charge on any atom is -0.265 e. The molecule has 176 valence electrons. The van der Waals surface area contributed by atoms with Gasteiger partial charge in [0.05, 0.1) is 21.6 Å². The molecule has 0 N–H and O–H groups in total. The van der Waals surface area contributed by atoms with Crippen LogP contribution in [0.4, 0.5) is 11.4 Å². The number of non-ortho nitro benzene ring substituents is 1. The summed E-state index contributed by atoms with van der Waals surface area (Å²) in [6.07, 6.45) is 2.36. The van der Waals surface area contributed by atoms with Crippen LogP contribution in [0.1, 0.15) is 63.5 Å². The molecule has 0 amide bonds. The van der Waals surface area contributed by atoms with Crippen LogP contribution in [0.2, 0.25) is 0 Å². The van der Waals surface area contributed by atoms with Crippen LogP contribution in [-0.2, 0) is 19.8 Å². The molecular formula is C22H25N3O7S. The Bertz CT molecular complexity index is 1200. The normalized spacial score (nSPS) is 18.2. The number of hydrogen-bond acceptors (Lipinski definition) is 8. The molecular weight excluding hydrogens is 450 g/mol. The lowest BCUT2D eigenvalue weighted by Gasteiger charge is -2.23. The van der Waals surface area contributed by atoms with Crippen molar-refractivity contribution in [3.8, 4) is 0 Å². The predicted octanol–water partition coefficient (Wildman–Crippen LogP) is 5.22. The Morgan fingerprint density at radius 3 is 2.24 bits per heavy atom. The predicted molar refractivity (Wildman–Crippen MR) is 122 cm³/mol. The van der Waals surface area contributed by atoms with Crippen molar-refractivity contribution in [2.24, 2.45) is 5.16 Å². The molecule has 1 aliphatic carbocycles. The quantitative estimate of drug-likeness (QED) is 0.412. The van der Waals surface area contributed by atoms with Crippen molar-refractivity contribution in [2.45, 2.75) is 62.7 Å². The molecule has 0 saturated heterocycles. The van der Waals surface area contributed by atoms with Gasteiger partial charge >= 0.3 is 10.1 Å². The zero-order chi connectivity index (χ0) is 24.4. The first-order valence-electron chi connectivity index (χ1n) is 10.4. The van der Waals surface area contributed by atoms with Crippen LogP contribution in [0, 0.1) is 20.2 Å². The van der Waals surface area contributed by atoms with Crippen LogP contribution >= 0.6 is 0 Å². The van der Waals surface area contributed by atoms with Gasteiger partial charge in [0.1, 0.15) is 4.90 Å². The van der Waals surface area contributed by atoms with E-state index in [1.54, 1.807) is 12.1 Å². The number of nitro groups is 2. The molecule has 1 fully saturated rings. The SMILES string of the molecule is CC(C)(C)c1ccc(S(=O)(=O)O/N=C2\CCCC[C@H]2c2ccc([N+](=O)[O-])cc2[N+](=O)[O-])cc1. The van der Waals surface area contributed by atoms with E-state index in [-0.39, 0.29) is 15.9 Å². The van der Waals surface area contributed by atoms with Gasteiger partial charge in [-0.05, 0) is 48.4 Å². The highest BCUT2D eigenvalue weighted by Crippen LogP contribution is 2.38. The summed E-state index contributed by atoms with van der Waals surface area (Å²) in [5.41, 5.74) is 0.637. The highest BCUT2D eigenvalue weighted by molar-refractivity contribution is 7.86. The Morgan fingerprint density at radius 1 is 1.00 bits per heavy atom. The van der Waals surface area contributed by atoms with E-state index in [0.29, 0.717) is 18.6 Å². The molecule has 0 aliphatic heterocycles. The van der Waals surface area contributed by atoms with Crippen LogP contribution in [0.15, 0.2) is 52.5 Å². The van der Waals surface area contributed by atoms with Gasteiger partial charge in [-0.2, -0.15) is 8.42 Å². The highest BCUT2D eigenvalue weighted by Gasteiger charge is 2.31. The summed E-state index contributed by atoms with van der Waals surface area (Å²) in [7, 11) is -4.18. The average Bonchev–Trinajstić information content (AvgIpc) is 2.77. The lowest BCUT2D eigenvalue weighted by Crippen LogP contribution is -2.20. The fourth-order valence-electron chi connectivity index (χ4n) is 3.80. The van der Waals surface area contributed by atoms with Gasteiger partial charge in [-0.15, -0.1) is 0 Å². The van der Waals surface area contributed by atoms with E-state index >= 15 is 0 Å². The molecule has 1 saturated carbocycles. The second-order valence-corrected chi connectivity index (χ2v) is 10.5. The largest absolute Gasteiger partial charge is 0.358 e. The Labute approximate surface area is 191 Å². The van der Waals surface area contributed by atoms with Gasteiger partial charge in [-0.1, -0.05) is 44.5 Å². The maximum absolute atomic E-state index is 12.7. The number of hydrogen-bond donors (Lipinski definition) is 0. The van der Waals surface area contributed by atoms with Crippen molar-refractivity contribution in [3.63, 3.8) is 0 Å². The number of benzene rings is 2. The molecule has 3 rings (SSSR count). The standard InChI is InChI=1S/C22H25N3O7S/c1-22(2,3)15-8-11-17(12-9-15)33(30,31)32-23-20-7-5-4-6-18(20)19-13-10-16(24(26)27)14-21(19)25(28)29/h8-14,18H,4-7H2,1-3H3/b23-20+/t18-/m0/s1. The summed E-state index contributed by atoms with van der Waals surface area (Å²) in [5.74, 6) is -0.571. The molecule has 0 aromatic heterocycles. The van der Waals surface area contributed by atoms with Crippen LogP contribution in [0.25, 0.3) is 0 Å². The van der Waals surface area contributed by atoms with Gasteiger partial charge < -0.3 is 0 Å². The van der Waals surface area contributed by atoms with Gasteiger partial charge in [0.15, 0.2) is 0 Å². The molecule has 0 bridgehead atoms. The molecule has 0 heterocycles. The average molecular weight is 476 g/mol. The fourth-order valence-corrected chi connectivity index (χ4v) is 4.55. The van der Waals surface area contributed by atoms with Crippen LogP contribution in [0.5, 0.6) is 0 Å². The molecule has 33 heavy (non-hydrogen) atoms. The van der Waals surface area contributed by atoms with Crippen molar-refractivity contribution < 1.29 is 22.5 Å². The molecule has 0 unspecified atom stereocenters. The number of rotatable bonds is 6. The van der Waals surface area contributed by atoms with E-state index in [1.807, 2.05) is 20.8 Å².